The molecule has 0 saturated carbocycles. The zero-order chi connectivity index (χ0) is 12.3. The van der Waals surface area contributed by atoms with Crippen molar-refractivity contribution < 1.29 is 4.42 Å². The van der Waals surface area contributed by atoms with E-state index >= 15 is 0 Å². The van der Waals surface area contributed by atoms with E-state index in [0.29, 0.717) is 34.6 Å². The van der Waals surface area contributed by atoms with E-state index in [2.05, 4.69) is 15.5 Å². The number of hydrogen-bond acceptors (Lipinski definition) is 5. The van der Waals surface area contributed by atoms with Crippen LogP contribution in [0.5, 0.6) is 0 Å². The summed E-state index contributed by atoms with van der Waals surface area (Å²) < 4.78 is 5.31. The summed E-state index contributed by atoms with van der Waals surface area (Å²) in [5.74, 6) is 0.486. The first-order chi connectivity index (χ1) is 8.19. The standard InChI is InChI=1S/C10H10Cl2N4O/c11-6-1-2-8(7(12)5-6)14-10-16-15-9(17-10)3-4-13/h1-2,5H,3-4,13H2,(H,14,16). The highest BCUT2D eigenvalue weighted by molar-refractivity contribution is 6.36. The highest BCUT2D eigenvalue weighted by atomic mass is 35.5. The molecule has 2 aromatic rings. The molecule has 3 N–H and O–H groups in total. The van der Waals surface area contributed by atoms with Gasteiger partial charge in [-0.3, -0.25) is 0 Å². The van der Waals surface area contributed by atoms with Crippen LogP contribution in [0, 0.1) is 0 Å². The molecule has 0 unspecified atom stereocenters. The molecule has 1 aromatic carbocycles. The van der Waals surface area contributed by atoms with Gasteiger partial charge in [0.1, 0.15) is 0 Å². The molecule has 0 fully saturated rings. The lowest BCUT2D eigenvalue weighted by Gasteiger charge is -2.03. The van der Waals surface area contributed by atoms with E-state index in [9.17, 15) is 0 Å². The molecule has 90 valence electrons. The van der Waals surface area contributed by atoms with Crippen LogP contribution in [0.2, 0.25) is 10.0 Å². The molecule has 0 aliphatic heterocycles. The Morgan fingerprint density at radius 1 is 1.29 bits per heavy atom. The van der Waals surface area contributed by atoms with Gasteiger partial charge in [0.15, 0.2) is 0 Å². The van der Waals surface area contributed by atoms with Crippen molar-refractivity contribution >= 4 is 34.9 Å². The fraction of sp³-hybridized carbons (Fsp3) is 0.200. The number of nitrogens with two attached hydrogens (primary N) is 1. The third-order valence-electron chi connectivity index (χ3n) is 2.00. The molecule has 2 rings (SSSR count). The Bertz CT molecular complexity index is 515. The van der Waals surface area contributed by atoms with Gasteiger partial charge in [0.2, 0.25) is 5.89 Å². The maximum Gasteiger partial charge on any atom is 0.320 e. The monoisotopic (exact) mass is 272 g/mol. The summed E-state index contributed by atoms with van der Waals surface area (Å²) in [5.41, 5.74) is 6.03. The van der Waals surface area contributed by atoms with Crippen molar-refractivity contribution in [2.75, 3.05) is 11.9 Å². The van der Waals surface area contributed by atoms with Gasteiger partial charge in [-0.2, -0.15) is 0 Å². The van der Waals surface area contributed by atoms with Gasteiger partial charge in [-0.1, -0.05) is 28.3 Å². The Kier molecular flexibility index (Phi) is 3.83. The molecule has 5 nitrogen and oxygen atoms in total. The number of anilines is 2. The van der Waals surface area contributed by atoms with Crippen LogP contribution in [0.3, 0.4) is 0 Å². The van der Waals surface area contributed by atoms with Crippen LogP contribution in [0.25, 0.3) is 0 Å². The van der Waals surface area contributed by atoms with E-state index in [-0.39, 0.29) is 6.01 Å². The van der Waals surface area contributed by atoms with Gasteiger partial charge in [-0.05, 0) is 18.2 Å². The second kappa shape index (κ2) is 5.35. The summed E-state index contributed by atoms with van der Waals surface area (Å²) in [6.45, 7) is 0.462. The van der Waals surface area contributed by atoms with Crippen molar-refractivity contribution in [1.82, 2.24) is 10.2 Å². The Labute approximate surface area is 108 Å². The molecule has 0 aliphatic rings. The van der Waals surface area contributed by atoms with E-state index < -0.39 is 0 Å². The molecule has 7 heteroatoms. The van der Waals surface area contributed by atoms with Crippen molar-refractivity contribution in [2.45, 2.75) is 6.42 Å². The van der Waals surface area contributed by atoms with E-state index in [1.165, 1.54) is 0 Å². The second-order valence-corrected chi connectivity index (χ2v) is 4.13. The second-order valence-electron chi connectivity index (χ2n) is 3.29. The predicted octanol–water partition coefficient (Wildman–Crippen LogP) is 2.62. The van der Waals surface area contributed by atoms with Crippen LogP contribution < -0.4 is 11.1 Å². The van der Waals surface area contributed by atoms with Crippen LogP contribution >= 0.6 is 23.2 Å². The van der Waals surface area contributed by atoms with Gasteiger partial charge in [-0.15, -0.1) is 5.10 Å². The molecule has 17 heavy (non-hydrogen) atoms. The minimum Gasteiger partial charge on any atom is -0.408 e. The van der Waals surface area contributed by atoms with Crippen LogP contribution in [0.1, 0.15) is 5.89 Å². The van der Waals surface area contributed by atoms with E-state index in [1.54, 1.807) is 18.2 Å². The zero-order valence-electron chi connectivity index (χ0n) is 8.78. The highest BCUT2D eigenvalue weighted by Gasteiger charge is 2.07. The van der Waals surface area contributed by atoms with Crippen molar-refractivity contribution in [3.63, 3.8) is 0 Å². The first-order valence-corrected chi connectivity index (χ1v) is 5.69. The summed E-state index contributed by atoms with van der Waals surface area (Å²) in [6.07, 6.45) is 0.545. The van der Waals surface area contributed by atoms with Gasteiger partial charge in [0.05, 0.1) is 10.7 Å². The van der Waals surface area contributed by atoms with Crippen molar-refractivity contribution in [3.8, 4) is 0 Å². The van der Waals surface area contributed by atoms with Gasteiger partial charge < -0.3 is 15.5 Å². The summed E-state index contributed by atoms with van der Waals surface area (Å²) >= 11 is 11.8. The number of hydrogen-bond donors (Lipinski definition) is 2. The van der Waals surface area contributed by atoms with Gasteiger partial charge in [-0.25, -0.2) is 0 Å². The predicted molar refractivity (Wildman–Crippen MR) is 66.8 cm³/mol. The number of rotatable bonds is 4. The molecule has 1 aromatic heterocycles. The summed E-state index contributed by atoms with van der Waals surface area (Å²) in [6, 6.07) is 5.35. The van der Waals surface area contributed by atoms with Gasteiger partial charge in [0.25, 0.3) is 0 Å². The number of nitrogens with zero attached hydrogens (tertiary/aromatic N) is 2. The maximum absolute atomic E-state index is 5.99. The minimum absolute atomic E-state index is 0.276. The lowest BCUT2D eigenvalue weighted by atomic mass is 10.3. The molecule has 0 spiro atoms. The van der Waals surface area contributed by atoms with Crippen LogP contribution in [0.15, 0.2) is 22.6 Å². The Morgan fingerprint density at radius 3 is 2.82 bits per heavy atom. The SMILES string of the molecule is NCCc1nnc(Nc2ccc(Cl)cc2Cl)o1. The van der Waals surface area contributed by atoms with Crippen molar-refractivity contribution in [1.29, 1.82) is 0 Å². The maximum atomic E-state index is 5.99. The smallest absolute Gasteiger partial charge is 0.320 e. The molecule has 0 saturated heterocycles. The number of halogens is 2. The quantitative estimate of drug-likeness (QED) is 0.895. The lowest BCUT2D eigenvalue weighted by molar-refractivity contribution is 0.510. The Hall–Kier alpha value is -1.30. The first-order valence-electron chi connectivity index (χ1n) is 4.93. The molecular weight excluding hydrogens is 263 g/mol. The van der Waals surface area contributed by atoms with E-state index in [1.807, 2.05) is 0 Å². The number of benzene rings is 1. The van der Waals surface area contributed by atoms with Gasteiger partial charge in [0, 0.05) is 18.0 Å². The van der Waals surface area contributed by atoms with Crippen molar-refractivity contribution in [3.05, 3.63) is 34.1 Å². The molecule has 0 atom stereocenters. The normalized spacial score (nSPS) is 10.5. The lowest BCUT2D eigenvalue weighted by Crippen LogP contribution is -2.02. The molecular formula is C10H10Cl2N4O. The average Bonchev–Trinajstić information content (AvgIpc) is 2.71. The number of nitrogens with one attached hydrogen (secondary N) is 1. The highest BCUT2D eigenvalue weighted by Crippen LogP contribution is 2.27. The minimum atomic E-state index is 0.276. The molecule has 0 amide bonds. The van der Waals surface area contributed by atoms with E-state index in [4.69, 9.17) is 33.4 Å². The fourth-order valence-electron chi connectivity index (χ4n) is 1.23. The molecule has 0 bridgehead atoms. The fourth-order valence-corrected chi connectivity index (χ4v) is 1.69. The van der Waals surface area contributed by atoms with E-state index in [0.717, 1.165) is 0 Å². The van der Waals surface area contributed by atoms with Gasteiger partial charge >= 0.3 is 6.01 Å². The van der Waals surface area contributed by atoms with Crippen LogP contribution in [-0.4, -0.2) is 16.7 Å². The number of aromatic nitrogens is 2. The Morgan fingerprint density at radius 2 is 2.12 bits per heavy atom. The summed E-state index contributed by atoms with van der Waals surface area (Å²) in [7, 11) is 0. The molecule has 0 aliphatic carbocycles. The average molecular weight is 273 g/mol. The van der Waals surface area contributed by atoms with Crippen molar-refractivity contribution in [2.24, 2.45) is 5.73 Å². The first kappa shape index (κ1) is 12.2. The largest absolute Gasteiger partial charge is 0.408 e. The topological polar surface area (TPSA) is 77.0 Å². The molecule has 0 radical (unpaired) electrons. The third-order valence-corrected chi connectivity index (χ3v) is 2.55. The van der Waals surface area contributed by atoms with Crippen LogP contribution in [0.4, 0.5) is 11.7 Å². The zero-order valence-corrected chi connectivity index (χ0v) is 10.3. The summed E-state index contributed by atoms with van der Waals surface area (Å²) in [4.78, 5) is 0. The summed E-state index contributed by atoms with van der Waals surface area (Å²) in [5, 5.41) is 11.6. The van der Waals surface area contributed by atoms with Crippen LogP contribution in [-0.2, 0) is 6.42 Å². The Balaban J connectivity index is 2.13. The molecule has 1 heterocycles. The third kappa shape index (κ3) is 3.09.